The summed E-state index contributed by atoms with van der Waals surface area (Å²) in [6, 6.07) is 7.18. The summed E-state index contributed by atoms with van der Waals surface area (Å²) in [6.45, 7) is 3.03. The Morgan fingerprint density at radius 3 is 2.23 bits per heavy atom. The molecule has 3 aromatic rings. The highest BCUT2D eigenvalue weighted by molar-refractivity contribution is 7.18. The van der Waals surface area contributed by atoms with Gasteiger partial charge in [-0.1, -0.05) is 30.4 Å². The quantitative estimate of drug-likeness (QED) is 0.294. The number of nitrogens with zero attached hydrogens (tertiary/aromatic N) is 3. The Kier molecular flexibility index (Phi) is 9.20. The van der Waals surface area contributed by atoms with E-state index in [0.717, 1.165) is 16.2 Å². The number of hydrogen-bond acceptors (Lipinski definition) is 6. The first kappa shape index (κ1) is 29.9. The Hall–Kier alpha value is -3.68. The molecular formula is C25H24F6N4O3S. The average Bonchev–Trinajstić information content (AvgIpc) is 3.35. The van der Waals surface area contributed by atoms with Crippen LogP contribution < -0.4 is 10.1 Å². The Balaban J connectivity index is 1.76. The maximum absolute atomic E-state index is 13.3. The third kappa shape index (κ3) is 7.68. The number of anilines is 1. The highest BCUT2D eigenvalue weighted by Crippen LogP contribution is 2.37. The van der Waals surface area contributed by atoms with Gasteiger partial charge in [0.1, 0.15) is 10.8 Å². The van der Waals surface area contributed by atoms with Crippen molar-refractivity contribution in [3.63, 3.8) is 0 Å². The van der Waals surface area contributed by atoms with E-state index in [9.17, 15) is 35.9 Å². The van der Waals surface area contributed by atoms with E-state index in [1.165, 1.54) is 7.11 Å². The van der Waals surface area contributed by atoms with Crippen molar-refractivity contribution < 1.29 is 40.7 Å². The SMILES string of the molecule is CCC(C)N(CCC(=O)Nc1nnc(-c2cccc(OC)c2)s1)C(=O)c1cc(C(F)(F)F)cc(C(F)(F)F)c1. The minimum absolute atomic E-state index is 0.0420. The second-order valence-electron chi connectivity index (χ2n) is 8.49. The van der Waals surface area contributed by atoms with Gasteiger partial charge in [-0.15, -0.1) is 10.2 Å². The first-order chi connectivity index (χ1) is 18.2. The molecule has 2 amide bonds. The van der Waals surface area contributed by atoms with Crippen molar-refractivity contribution in [2.75, 3.05) is 19.0 Å². The van der Waals surface area contributed by atoms with Gasteiger partial charge >= 0.3 is 12.4 Å². The number of amides is 2. The van der Waals surface area contributed by atoms with Gasteiger partial charge in [-0.3, -0.25) is 9.59 Å². The lowest BCUT2D eigenvalue weighted by molar-refractivity contribution is -0.143. The molecule has 2 aromatic carbocycles. The smallest absolute Gasteiger partial charge is 0.416 e. The van der Waals surface area contributed by atoms with Crippen LogP contribution in [0.25, 0.3) is 10.6 Å². The van der Waals surface area contributed by atoms with Crippen LogP contribution in [0.5, 0.6) is 5.75 Å². The van der Waals surface area contributed by atoms with Crippen LogP contribution in [-0.4, -0.2) is 46.6 Å². The molecule has 1 heterocycles. The fourth-order valence-electron chi connectivity index (χ4n) is 3.54. The van der Waals surface area contributed by atoms with Gasteiger partial charge in [0.15, 0.2) is 0 Å². The maximum atomic E-state index is 13.3. The molecule has 0 aliphatic heterocycles. The summed E-state index contributed by atoms with van der Waals surface area (Å²) in [5.41, 5.74) is -3.25. The lowest BCUT2D eigenvalue weighted by Gasteiger charge is -2.29. The van der Waals surface area contributed by atoms with Crippen LogP contribution in [0.3, 0.4) is 0 Å². The summed E-state index contributed by atoms with van der Waals surface area (Å²) in [7, 11) is 1.51. The van der Waals surface area contributed by atoms with E-state index < -0.39 is 46.9 Å². The minimum atomic E-state index is -5.09. The average molecular weight is 575 g/mol. The van der Waals surface area contributed by atoms with Crippen molar-refractivity contribution >= 4 is 28.3 Å². The fourth-order valence-corrected chi connectivity index (χ4v) is 4.29. The van der Waals surface area contributed by atoms with Crippen LogP contribution >= 0.6 is 11.3 Å². The highest BCUT2D eigenvalue weighted by atomic mass is 32.1. The zero-order valence-electron chi connectivity index (χ0n) is 21.0. The number of rotatable bonds is 9. The van der Waals surface area contributed by atoms with Gasteiger partial charge in [0.05, 0.1) is 18.2 Å². The van der Waals surface area contributed by atoms with Crippen molar-refractivity contribution in [2.24, 2.45) is 0 Å². The van der Waals surface area contributed by atoms with Crippen molar-refractivity contribution in [1.29, 1.82) is 0 Å². The van der Waals surface area contributed by atoms with Gasteiger partial charge in [-0.05, 0) is 43.7 Å². The molecule has 0 radical (unpaired) electrons. The van der Waals surface area contributed by atoms with Crippen LogP contribution in [-0.2, 0) is 17.1 Å². The van der Waals surface area contributed by atoms with Crippen LogP contribution in [0.4, 0.5) is 31.5 Å². The molecule has 0 saturated heterocycles. The molecule has 1 aromatic heterocycles. The molecule has 7 nitrogen and oxygen atoms in total. The van der Waals surface area contributed by atoms with E-state index in [-0.39, 0.29) is 24.2 Å². The predicted octanol–water partition coefficient (Wildman–Crippen LogP) is 6.52. The lowest BCUT2D eigenvalue weighted by Crippen LogP contribution is -2.40. The molecule has 210 valence electrons. The first-order valence-corrected chi connectivity index (χ1v) is 12.4. The molecule has 0 spiro atoms. The Morgan fingerprint density at radius 2 is 1.67 bits per heavy atom. The second-order valence-corrected chi connectivity index (χ2v) is 9.47. The Morgan fingerprint density at radius 1 is 1.03 bits per heavy atom. The molecule has 0 fully saturated rings. The highest BCUT2D eigenvalue weighted by Gasteiger charge is 2.38. The van der Waals surface area contributed by atoms with Crippen molar-refractivity contribution in [3.05, 3.63) is 59.2 Å². The van der Waals surface area contributed by atoms with E-state index in [2.05, 4.69) is 15.5 Å². The lowest BCUT2D eigenvalue weighted by atomic mass is 10.0. The maximum Gasteiger partial charge on any atom is 0.416 e. The van der Waals surface area contributed by atoms with E-state index in [4.69, 9.17) is 4.74 Å². The van der Waals surface area contributed by atoms with Crippen LogP contribution in [0.1, 0.15) is 48.2 Å². The molecule has 0 aliphatic rings. The van der Waals surface area contributed by atoms with E-state index in [1.54, 1.807) is 38.1 Å². The summed E-state index contributed by atoms with van der Waals surface area (Å²) in [5.74, 6) is -1.01. The molecule has 1 unspecified atom stereocenters. The predicted molar refractivity (Wildman–Crippen MR) is 132 cm³/mol. The molecule has 3 rings (SSSR count). The summed E-state index contributed by atoms with van der Waals surface area (Å²) >= 11 is 1.09. The third-order valence-corrected chi connectivity index (χ3v) is 6.67. The number of alkyl halides is 6. The number of aromatic nitrogens is 2. The van der Waals surface area contributed by atoms with Crippen LogP contribution in [0.2, 0.25) is 0 Å². The van der Waals surface area contributed by atoms with Crippen molar-refractivity contribution in [2.45, 2.75) is 45.1 Å². The van der Waals surface area contributed by atoms with Gasteiger partial charge < -0.3 is 15.0 Å². The zero-order valence-corrected chi connectivity index (χ0v) is 21.8. The van der Waals surface area contributed by atoms with Crippen molar-refractivity contribution in [1.82, 2.24) is 15.1 Å². The van der Waals surface area contributed by atoms with Crippen LogP contribution in [0, 0.1) is 0 Å². The number of carbonyl (C=O) groups is 2. The largest absolute Gasteiger partial charge is 0.497 e. The third-order valence-electron chi connectivity index (χ3n) is 5.79. The number of methoxy groups -OCH3 is 1. The number of nitrogens with one attached hydrogen (secondary N) is 1. The van der Waals surface area contributed by atoms with Gasteiger partial charge in [0.2, 0.25) is 11.0 Å². The molecule has 1 atom stereocenters. The van der Waals surface area contributed by atoms with Gasteiger partial charge in [0, 0.05) is 30.1 Å². The monoisotopic (exact) mass is 574 g/mol. The fraction of sp³-hybridized carbons (Fsp3) is 0.360. The van der Waals surface area contributed by atoms with Gasteiger partial charge in [0.25, 0.3) is 5.91 Å². The van der Waals surface area contributed by atoms with Gasteiger partial charge in [-0.2, -0.15) is 26.3 Å². The number of carbonyl (C=O) groups excluding carboxylic acids is 2. The zero-order chi connectivity index (χ0) is 29.0. The molecule has 1 N–H and O–H groups in total. The summed E-state index contributed by atoms with van der Waals surface area (Å²) in [6.07, 6.45) is -10.1. The molecule has 14 heteroatoms. The minimum Gasteiger partial charge on any atom is -0.497 e. The summed E-state index contributed by atoms with van der Waals surface area (Å²) in [4.78, 5) is 26.8. The Labute approximate surface area is 223 Å². The Bertz CT molecular complexity index is 1290. The topological polar surface area (TPSA) is 84.4 Å². The first-order valence-electron chi connectivity index (χ1n) is 11.6. The van der Waals surface area contributed by atoms with E-state index in [1.807, 2.05) is 0 Å². The van der Waals surface area contributed by atoms with Gasteiger partial charge in [-0.25, -0.2) is 0 Å². The number of ether oxygens (including phenoxy) is 1. The van der Waals surface area contributed by atoms with E-state index >= 15 is 0 Å². The summed E-state index contributed by atoms with van der Waals surface area (Å²) in [5, 5.41) is 11.2. The molecular weight excluding hydrogens is 550 g/mol. The summed E-state index contributed by atoms with van der Waals surface area (Å²) < 4.78 is 84.8. The number of hydrogen-bond donors (Lipinski definition) is 1. The second kappa shape index (κ2) is 12.0. The molecule has 0 saturated carbocycles. The van der Waals surface area contributed by atoms with Crippen molar-refractivity contribution in [3.8, 4) is 16.3 Å². The normalized spacial score (nSPS) is 12.6. The number of benzene rings is 2. The van der Waals surface area contributed by atoms with Crippen LogP contribution in [0.15, 0.2) is 42.5 Å². The van der Waals surface area contributed by atoms with E-state index in [0.29, 0.717) is 34.9 Å². The molecule has 0 aliphatic carbocycles. The molecule has 39 heavy (non-hydrogen) atoms. The standard InChI is InChI=1S/C25H24F6N4O3S/c1-4-14(2)35(22(37)16-10-17(24(26,27)28)13-18(11-16)25(29,30)31)9-8-20(36)32-23-34-33-21(39-23)15-6-5-7-19(12-15)38-3/h5-7,10-14H,4,8-9H2,1-3H3,(H,32,34,36). The number of halogens is 6. The molecule has 0 bridgehead atoms.